The van der Waals surface area contributed by atoms with Crippen LogP contribution in [-0.2, 0) is 0 Å². The normalized spacial score (nSPS) is 9.31. The molecule has 1 aromatic rings. The fourth-order valence-corrected chi connectivity index (χ4v) is 0.855. The average Bonchev–Trinajstić information content (AvgIpc) is 2.17. The Morgan fingerprint density at radius 3 is 2.31 bits per heavy atom. The first-order valence-electron chi connectivity index (χ1n) is 3.30. The molecule has 0 saturated heterocycles. The van der Waals surface area contributed by atoms with Crippen molar-refractivity contribution in [2.24, 2.45) is 10.4 Å². The molecule has 0 aromatic heterocycles. The molecule has 0 heterocycles. The molecule has 0 spiro atoms. The first-order valence-corrected chi connectivity index (χ1v) is 3.30. The fraction of sp³-hybridized carbons (Fsp3) is 0.143. The topological polar surface area (TPSA) is 88.3 Å². The Morgan fingerprint density at radius 2 is 1.85 bits per heavy atom. The predicted molar refractivity (Wildman–Crippen MR) is 45.6 cm³/mol. The van der Waals surface area contributed by atoms with E-state index in [4.69, 9.17) is 9.84 Å². The van der Waals surface area contributed by atoms with Crippen molar-refractivity contribution in [2.45, 2.75) is 0 Å². The van der Waals surface area contributed by atoms with E-state index in [0.29, 0.717) is 0 Å². The van der Waals surface area contributed by atoms with Gasteiger partial charge in [-0.3, -0.25) is 0 Å². The highest BCUT2D eigenvalue weighted by Gasteiger charge is 2.10. The first-order chi connectivity index (χ1) is 6.22. The second kappa shape index (κ2) is 3.61. The predicted octanol–water partition coefficient (Wildman–Crippen LogP) is 2.20. The number of phenols is 1. The van der Waals surface area contributed by atoms with E-state index in [2.05, 4.69) is 10.4 Å². The van der Waals surface area contributed by atoms with Crippen LogP contribution in [0.1, 0.15) is 0 Å². The summed E-state index contributed by atoms with van der Waals surface area (Å²) < 4.78 is 4.72. The van der Waals surface area contributed by atoms with Gasteiger partial charge >= 0.3 is 0 Å². The third kappa shape index (κ3) is 1.61. The van der Waals surface area contributed by atoms with E-state index in [1.54, 1.807) is 0 Å². The summed E-state index contributed by atoms with van der Waals surface area (Å²) in [5, 5.41) is 14.2. The van der Waals surface area contributed by atoms with Gasteiger partial charge < -0.3 is 9.84 Å². The summed E-state index contributed by atoms with van der Waals surface area (Å²) in [4.78, 5) is 20.3. The maximum Gasteiger partial charge on any atom is 0.152 e. The second-order valence-corrected chi connectivity index (χ2v) is 2.20. The zero-order chi connectivity index (χ0) is 9.84. The number of nitroso groups, excluding NO2 is 2. The van der Waals surface area contributed by atoms with E-state index in [-0.39, 0.29) is 22.9 Å². The third-order valence-electron chi connectivity index (χ3n) is 1.47. The number of methoxy groups -OCH3 is 1. The Balaban J connectivity index is 3.34. The average molecular weight is 182 g/mol. The smallest absolute Gasteiger partial charge is 0.152 e. The highest BCUT2D eigenvalue weighted by Crippen LogP contribution is 2.38. The lowest BCUT2D eigenvalue weighted by Gasteiger charge is -2.03. The van der Waals surface area contributed by atoms with Crippen LogP contribution in [-0.4, -0.2) is 12.2 Å². The van der Waals surface area contributed by atoms with Gasteiger partial charge in [0.1, 0.15) is 5.75 Å². The van der Waals surface area contributed by atoms with Crippen molar-refractivity contribution in [3.8, 4) is 11.5 Å². The van der Waals surface area contributed by atoms with Gasteiger partial charge in [-0.1, -0.05) is 0 Å². The molecule has 1 aromatic carbocycles. The number of nitrogens with zero attached hydrogens (tertiary/aromatic N) is 2. The summed E-state index contributed by atoms with van der Waals surface area (Å²) in [7, 11) is 1.32. The Bertz CT molecular complexity index is 351. The Hall–Kier alpha value is -1.98. The zero-order valence-corrected chi connectivity index (χ0v) is 6.72. The van der Waals surface area contributed by atoms with Crippen molar-refractivity contribution in [1.29, 1.82) is 0 Å². The van der Waals surface area contributed by atoms with Crippen LogP contribution in [0.15, 0.2) is 22.5 Å². The molecule has 0 aliphatic heterocycles. The van der Waals surface area contributed by atoms with Crippen LogP contribution in [0.3, 0.4) is 0 Å². The monoisotopic (exact) mass is 182 g/mol. The second-order valence-electron chi connectivity index (χ2n) is 2.20. The summed E-state index contributed by atoms with van der Waals surface area (Å²) in [6.07, 6.45) is 0. The van der Waals surface area contributed by atoms with Crippen LogP contribution >= 0.6 is 0 Å². The molecule has 0 bridgehead atoms. The van der Waals surface area contributed by atoms with E-state index in [1.807, 2.05) is 0 Å². The molecule has 0 amide bonds. The molecule has 0 aliphatic rings. The van der Waals surface area contributed by atoms with Crippen molar-refractivity contribution in [3.05, 3.63) is 21.9 Å². The molecule has 68 valence electrons. The standard InChI is InChI=1S/C7H6N2O4/c1-13-7-3-6(10)4(8-11)2-5(7)9-12/h2-3,10H,1H3. The minimum Gasteiger partial charge on any atom is -0.505 e. The van der Waals surface area contributed by atoms with E-state index in [9.17, 15) is 9.81 Å². The maximum atomic E-state index is 10.2. The number of rotatable bonds is 3. The van der Waals surface area contributed by atoms with E-state index < -0.39 is 0 Å². The third-order valence-corrected chi connectivity index (χ3v) is 1.47. The highest BCUT2D eigenvalue weighted by molar-refractivity contribution is 5.66. The van der Waals surface area contributed by atoms with E-state index in [1.165, 1.54) is 7.11 Å². The summed E-state index contributed by atoms with van der Waals surface area (Å²) in [5.41, 5.74) is -0.315. The Labute approximate surface area is 73.1 Å². The largest absolute Gasteiger partial charge is 0.505 e. The minimum absolute atomic E-state index is 0.0742. The van der Waals surface area contributed by atoms with Crippen LogP contribution in [0.2, 0.25) is 0 Å². The van der Waals surface area contributed by atoms with Crippen LogP contribution < -0.4 is 4.74 Å². The maximum absolute atomic E-state index is 10.2. The van der Waals surface area contributed by atoms with Crippen molar-refractivity contribution < 1.29 is 9.84 Å². The molecule has 0 atom stereocenters. The van der Waals surface area contributed by atoms with Gasteiger partial charge in [-0.25, -0.2) is 0 Å². The number of benzene rings is 1. The minimum atomic E-state index is -0.348. The number of phenolic OH excluding ortho intramolecular Hbond substituents is 1. The number of ether oxygens (including phenoxy) is 1. The lowest BCUT2D eigenvalue weighted by Crippen LogP contribution is -1.82. The summed E-state index contributed by atoms with van der Waals surface area (Å²) in [5.74, 6) is -0.251. The number of hydrogen-bond acceptors (Lipinski definition) is 6. The lowest BCUT2D eigenvalue weighted by molar-refractivity contribution is 0.409. The number of aromatic hydroxyl groups is 1. The first kappa shape index (κ1) is 9.11. The van der Waals surface area contributed by atoms with Gasteiger partial charge in [-0.2, -0.15) is 0 Å². The molecule has 0 saturated carbocycles. The van der Waals surface area contributed by atoms with Crippen LogP contribution in [0.4, 0.5) is 11.4 Å². The molecule has 6 nitrogen and oxygen atoms in total. The molecule has 1 N–H and O–H groups in total. The Kier molecular flexibility index (Phi) is 2.53. The van der Waals surface area contributed by atoms with Crippen molar-refractivity contribution in [1.82, 2.24) is 0 Å². The lowest BCUT2D eigenvalue weighted by atomic mass is 10.2. The molecule has 1 rings (SSSR count). The molecular formula is C7H6N2O4. The molecule has 0 unspecified atom stereocenters. The van der Waals surface area contributed by atoms with Gasteiger partial charge in [-0.15, -0.1) is 9.81 Å². The van der Waals surface area contributed by atoms with Crippen molar-refractivity contribution >= 4 is 11.4 Å². The highest BCUT2D eigenvalue weighted by atomic mass is 16.5. The van der Waals surface area contributed by atoms with Gasteiger partial charge in [0.2, 0.25) is 0 Å². The van der Waals surface area contributed by atoms with Crippen LogP contribution in [0.25, 0.3) is 0 Å². The van der Waals surface area contributed by atoms with Gasteiger partial charge in [0.25, 0.3) is 0 Å². The molecule has 13 heavy (non-hydrogen) atoms. The molecule has 0 aliphatic carbocycles. The van der Waals surface area contributed by atoms with Gasteiger partial charge in [0, 0.05) is 12.1 Å². The SMILES string of the molecule is COc1cc(O)c(N=O)cc1N=O. The molecule has 0 fully saturated rings. The Morgan fingerprint density at radius 1 is 1.23 bits per heavy atom. The summed E-state index contributed by atoms with van der Waals surface area (Å²) in [6, 6.07) is 2.15. The summed E-state index contributed by atoms with van der Waals surface area (Å²) >= 11 is 0. The van der Waals surface area contributed by atoms with Crippen molar-refractivity contribution in [3.63, 3.8) is 0 Å². The quantitative estimate of drug-likeness (QED) is 0.725. The zero-order valence-electron chi connectivity index (χ0n) is 6.72. The van der Waals surface area contributed by atoms with Gasteiger partial charge in [0.05, 0.1) is 7.11 Å². The van der Waals surface area contributed by atoms with Crippen LogP contribution in [0, 0.1) is 9.81 Å². The van der Waals surface area contributed by atoms with Gasteiger partial charge in [0.15, 0.2) is 17.1 Å². The van der Waals surface area contributed by atoms with Crippen LogP contribution in [0.5, 0.6) is 11.5 Å². The molecule has 6 heteroatoms. The molecular weight excluding hydrogens is 176 g/mol. The van der Waals surface area contributed by atoms with E-state index in [0.717, 1.165) is 12.1 Å². The van der Waals surface area contributed by atoms with E-state index >= 15 is 0 Å². The molecule has 0 radical (unpaired) electrons. The number of hydrogen-bond donors (Lipinski definition) is 1. The van der Waals surface area contributed by atoms with Gasteiger partial charge in [-0.05, 0) is 10.4 Å². The summed E-state index contributed by atoms with van der Waals surface area (Å²) in [6.45, 7) is 0. The van der Waals surface area contributed by atoms with Crippen molar-refractivity contribution in [2.75, 3.05) is 7.11 Å². The fourth-order valence-electron chi connectivity index (χ4n) is 0.855.